The van der Waals surface area contributed by atoms with Crippen molar-refractivity contribution in [3.8, 4) is 0 Å². The Morgan fingerprint density at radius 2 is 2.10 bits per heavy atom. The number of hydrogen-bond donors (Lipinski definition) is 2. The number of pyridine rings is 1. The summed E-state index contributed by atoms with van der Waals surface area (Å²) in [6.45, 7) is 8.02. The van der Waals surface area contributed by atoms with Crippen LogP contribution < -0.4 is 10.6 Å². The number of carbonyl (C=O) groups excluding carboxylic acids is 1. The lowest BCUT2D eigenvalue weighted by atomic mass is 10.1. The number of nitrogens with one attached hydrogen (secondary N) is 2. The fourth-order valence-electron chi connectivity index (χ4n) is 2.66. The molecule has 2 N–H and O–H groups in total. The highest BCUT2D eigenvalue weighted by Gasteiger charge is 2.17. The molecule has 0 aliphatic carbocycles. The monoisotopic (exact) mass is 290 g/mol. The molecule has 1 aromatic rings. The van der Waals surface area contributed by atoms with Gasteiger partial charge in [0.15, 0.2) is 0 Å². The first-order valence-corrected chi connectivity index (χ1v) is 7.93. The summed E-state index contributed by atoms with van der Waals surface area (Å²) in [6, 6.07) is 4.04. The minimum absolute atomic E-state index is 0.0955. The van der Waals surface area contributed by atoms with Crippen LogP contribution >= 0.6 is 0 Å². The van der Waals surface area contributed by atoms with Crippen molar-refractivity contribution in [1.82, 2.24) is 15.2 Å². The van der Waals surface area contributed by atoms with Crippen molar-refractivity contribution >= 4 is 11.6 Å². The molecule has 0 aromatic carbocycles. The number of likely N-dealkylation sites (tertiary alicyclic amines) is 1. The number of hydrogen-bond acceptors (Lipinski definition) is 4. The summed E-state index contributed by atoms with van der Waals surface area (Å²) in [4.78, 5) is 18.7. The highest BCUT2D eigenvalue weighted by molar-refractivity contribution is 5.92. The summed E-state index contributed by atoms with van der Waals surface area (Å²) in [6.07, 6.45) is 5.57. The first-order valence-electron chi connectivity index (χ1n) is 7.93. The van der Waals surface area contributed by atoms with Gasteiger partial charge in [-0.05, 0) is 51.9 Å². The van der Waals surface area contributed by atoms with Crippen molar-refractivity contribution in [3.05, 3.63) is 24.0 Å². The van der Waals surface area contributed by atoms with Crippen LogP contribution in [0.4, 0.5) is 5.69 Å². The van der Waals surface area contributed by atoms with Gasteiger partial charge in [0, 0.05) is 19.1 Å². The summed E-state index contributed by atoms with van der Waals surface area (Å²) in [5, 5.41) is 6.15. The van der Waals surface area contributed by atoms with Crippen molar-refractivity contribution in [2.75, 3.05) is 31.5 Å². The van der Waals surface area contributed by atoms with Crippen LogP contribution in [0.2, 0.25) is 0 Å². The summed E-state index contributed by atoms with van der Waals surface area (Å²) in [5.74, 6) is -0.0955. The molecular weight excluding hydrogens is 264 g/mol. The lowest BCUT2D eigenvalue weighted by Gasteiger charge is -2.32. The second-order valence-corrected chi connectivity index (χ2v) is 5.62. The van der Waals surface area contributed by atoms with Crippen molar-refractivity contribution < 1.29 is 4.79 Å². The van der Waals surface area contributed by atoms with Crippen LogP contribution in [-0.2, 0) is 0 Å². The Morgan fingerprint density at radius 3 is 2.71 bits per heavy atom. The van der Waals surface area contributed by atoms with Crippen molar-refractivity contribution in [2.24, 2.45) is 0 Å². The van der Waals surface area contributed by atoms with Gasteiger partial charge in [-0.15, -0.1) is 0 Å². The zero-order valence-electron chi connectivity index (χ0n) is 13.1. The van der Waals surface area contributed by atoms with E-state index in [1.807, 2.05) is 13.0 Å². The van der Waals surface area contributed by atoms with Crippen LogP contribution in [0.5, 0.6) is 0 Å². The Bertz CT molecular complexity index is 440. The minimum atomic E-state index is -0.0955. The molecule has 0 saturated carbocycles. The van der Waals surface area contributed by atoms with Gasteiger partial charge in [-0.2, -0.15) is 0 Å². The number of nitrogens with zero attached hydrogens (tertiary/aromatic N) is 2. The highest BCUT2D eigenvalue weighted by Crippen LogP contribution is 2.11. The van der Waals surface area contributed by atoms with Crippen molar-refractivity contribution in [3.63, 3.8) is 0 Å². The van der Waals surface area contributed by atoms with E-state index in [1.54, 1.807) is 12.3 Å². The van der Waals surface area contributed by atoms with E-state index in [9.17, 15) is 4.79 Å². The molecule has 21 heavy (non-hydrogen) atoms. The molecule has 1 aromatic heterocycles. The third-order valence-corrected chi connectivity index (χ3v) is 3.95. The highest BCUT2D eigenvalue weighted by atomic mass is 16.1. The van der Waals surface area contributed by atoms with Crippen molar-refractivity contribution in [2.45, 2.75) is 39.2 Å². The van der Waals surface area contributed by atoms with Gasteiger partial charge in [-0.25, -0.2) is 4.98 Å². The third-order valence-electron chi connectivity index (χ3n) is 3.95. The SMILES string of the molecule is CCNc1ccc(C(=O)NCC(C)N2CCCCC2)nc1. The molecule has 5 nitrogen and oxygen atoms in total. The van der Waals surface area contributed by atoms with Crippen LogP contribution in [0.15, 0.2) is 18.3 Å². The lowest BCUT2D eigenvalue weighted by molar-refractivity contribution is 0.0925. The third kappa shape index (κ3) is 4.70. The van der Waals surface area contributed by atoms with E-state index in [1.165, 1.54) is 19.3 Å². The van der Waals surface area contributed by atoms with Crippen LogP contribution in [0.1, 0.15) is 43.6 Å². The van der Waals surface area contributed by atoms with Gasteiger partial charge < -0.3 is 10.6 Å². The van der Waals surface area contributed by atoms with Gasteiger partial charge in [-0.1, -0.05) is 6.42 Å². The number of carbonyl (C=O) groups is 1. The number of aromatic nitrogens is 1. The maximum atomic E-state index is 12.1. The second kappa shape index (κ2) is 7.98. The van der Waals surface area contributed by atoms with E-state index in [-0.39, 0.29) is 5.91 Å². The lowest BCUT2D eigenvalue weighted by Crippen LogP contribution is -2.44. The summed E-state index contributed by atoms with van der Waals surface area (Å²) < 4.78 is 0. The summed E-state index contributed by atoms with van der Waals surface area (Å²) >= 11 is 0. The molecule has 1 aliphatic heterocycles. The molecule has 2 heterocycles. The Morgan fingerprint density at radius 1 is 1.33 bits per heavy atom. The maximum Gasteiger partial charge on any atom is 0.269 e. The molecule has 1 atom stereocenters. The second-order valence-electron chi connectivity index (χ2n) is 5.62. The molecule has 1 fully saturated rings. The van der Waals surface area contributed by atoms with Gasteiger partial charge in [0.2, 0.25) is 0 Å². The first-order chi connectivity index (χ1) is 10.2. The van der Waals surface area contributed by atoms with Crippen LogP contribution in [0.25, 0.3) is 0 Å². The smallest absolute Gasteiger partial charge is 0.269 e. The molecule has 2 rings (SSSR count). The van der Waals surface area contributed by atoms with Crippen LogP contribution in [-0.4, -0.2) is 48.0 Å². The number of piperidine rings is 1. The normalized spacial score (nSPS) is 17.2. The van der Waals surface area contributed by atoms with E-state index < -0.39 is 0 Å². The summed E-state index contributed by atoms with van der Waals surface area (Å²) in [7, 11) is 0. The Balaban J connectivity index is 1.80. The fourth-order valence-corrected chi connectivity index (χ4v) is 2.66. The molecule has 0 bridgehead atoms. The van der Waals surface area contributed by atoms with Gasteiger partial charge in [-0.3, -0.25) is 9.69 Å². The molecule has 0 spiro atoms. The predicted octanol–water partition coefficient (Wildman–Crippen LogP) is 2.12. The van der Waals surface area contributed by atoms with Crippen LogP contribution in [0, 0.1) is 0 Å². The molecular formula is C16H26N4O. The molecule has 1 saturated heterocycles. The van der Waals surface area contributed by atoms with Gasteiger partial charge in [0.1, 0.15) is 5.69 Å². The maximum absolute atomic E-state index is 12.1. The van der Waals surface area contributed by atoms with Gasteiger partial charge >= 0.3 is 0 Å². The zero-order valence-corrected chi connectivity index (χ0v) is 13.1. The van der Waals surface area contributed by atoms with E-state index >= 15 is 0 Å². The number of anilines is 1. The largest absolute Gasteiger partial charge is 0.384 e. The Labute approximate surface area is 127 Å². The fraction of sp³-hybridized carbons (Fsp3) is 0.625. The van der Waals surface area contributed by atoms with Crippen LogP contribution in [0.3, 0.4) is 0 Å². The topological polar surface area (TPSA) is 57.3 Å². The van der Waals surface area contributed by atoms with Crippen molar-refractivity contribution in [1.29, 1.82) is 0 Å². The number of amides is 1. The van der Waals surface area contributed by atoms with Gasteiger partial charge in [0.05, 0.1) is 11.9 Å². The molecule has 1 aliphatic rings. The standard InChI is InChI=1S/C16H26N4O/c1-3-17-14-7-8-15(18-12-14)16(21)19-11-13(2)20-9-5-4-6-10-20/h7-8,12-13,17H,3-6,9-11H2,1-2H3,(H,19,21). The molecule has 5 heteroatoms. The van der Waals surface area contributed by atoms with E-state index in [2.05, 4.69) is 27.4 Å². The molecule has 1 unspecified atom stereocenters. The average molecular weight is 290 g/mol. The predicted molar refractivity (Wildman–Crippen MR) is 85.6 cm³/mol. The van der Waals surface area contributed by atoms with Gasteiger partial charge in [0.25, 0.3) is 5.91 Å². The quantitative estimate of drug-likeness (QED) is 0.842. The molecule has 116 valence electrons. The molecule has 0 radical (unpaired) electrons. The Kier molecular flexibility index (Phi) is 5.99. The van der Waals surface area contributed by atoms with E-state index in [0.717, 1.165) is 25.3 Å². The van der Waals surface area contributed by atoms with E-state index in [4.69, 9.17) is 0 Å². The Hall–Kier alpha value is -1.62. The number of rotatable bonds is 6. The zero-order chi connectivity index (χ0) is 15.1. The average Bonchev–Trinajstić information content (AvgIpc) is 2.54. The molecule has 1 amide bonds. The first kappa shape index (κ1) is 15.8. The minimum Gasteiger partial charge on any atom is -0.384 e. The van der Waals surface area contributed by atoms with E-state index in [0.29, 0.717) is 18.3 Å². The summed E-state index contributed by atoms with van der Waals surface area (Å²) in [5.41, 5.74) is 1.42.